The largest absolute Gasteiger partial charge is 0.405 e. The number of carbonyl (C=O) groups excluding carboxylic acids is 1. The van der Waals surface area contributed by atoms with Crippen molar-refractivity contribution in [2.75, 3.05) is 34.4 Å². The molecule has 170 valence electrons. The van der Waals surface area contributed by atoms with Crippen LogP contribution >= 0.6 is 0 Å². The summed E-state index contributed by atoms with van der Waals surface area (Å²) in [6.45, 7) is 6.77. The van der Waals surface area contributed by atoms with E-state index in [-0.39, 0.29) is 25.2 Å². The quantitative estimate of drug-likeness (QED) is 0.268. The van der Waals surface area contributed by atoms with E-state index in [1.807, 2.05) is 36.4 Å². The topological polar surface area (TPSA) is 63.2 Å². The van der Waals surface area contributed by atoms with Gasteiger partial charge in [-0.3, -0.25) is 0 Å². The summed E-state index contributed by atoms with van der Waals surface area (Å²) >= 11 is 0. The summed E-state index contributed by atoms with van der Waals surface area (Å²) in [6, 6.07) is 20.6. The van der Waals surface area contributed by atoms with Gasteiger partial charge < -0.3 is 28.2 Å². The van der Waals surface area contributed by atoms with Crippen molar-refractivity contribution < 1.29 is 28.2 Å². The lowest BCUT2D eigenvalue weighted by Gasteiger charge is -2.43. The Morgan fingerprint density at radius 3 is 1.74 bits per heavy atom. The molecule has 0 aliphatic rings. The number of carbonyl (C=O) groups is 1. The molecule has 0 spiro atoms. The lowest BCUT2D eigenvalue weighted by atomic mass is 10.2. The summed E-state index contributed by atoms with van der Waals surface area (Å²) in [7, 11) is 0.275. The van der Waals surface area contributed by atoms with Gasteiger partial charge in [-0.25, -0.2) is 0 Å². The van der Waals surface area contributed by atoms with E-state index in [0.717, 1.165) is 10.4 Å². The number of rotatable bonds is 13. The van der Waals surface area contributed by atoms with Crippen molar-refractivity contribution in [2.45, 2.75) is 38.0 Å². The van der Waals surface area contributed by atoms with Crippen molar-refractivity contribution in [3.63, 3.8) is 0 Å². The highest BCUT2D eigenvalue weighted by molar-refractivity contribution is 6.99. The molecular weight excluding hydrogens is 412 g/mol. The van der Waals surface area contributed by atoms with E-state index >= 15 is 0 Å². The van der Waals surface area contributed by atoms with Crippen LogP contribution in [-0.4, -0.2) is 61.2 Å². The van der Waals surface area contributed by atoms with Gasteiger partial charge >= 0.3 is 0 Å². The Hall–Kier alpha value is -1.87. The molecule has 0 radical (unpaired) electrons. The fraction of sp³-hybridized carbons (Fsp3) is 0.458. The predicted octanol–water partition coefficient (Wildman–Crippen LogP) is 2.74. The lowest BCUT2D eigenvalue weighted by Crippen LogP contribution is -2.67. The molecule has 2 atom stereocenters. The van der Waals surface area contributed by atoms with Gasteiger partial charge in [0.2, 0.25) is 0 Å². The van der Waals surface area contributed by atoms with Crippen molar-refractivity contribution in [3.8, 4) is 0 Å². The molecule has 0 fully saturated rings. The smallest absolute Gasteiger partial charge is 0.261 e. The maximum absolute atomic E-state index is 11.7. The molecule has 0 amide bonds. The van der Waals surface area contributed by atoms with E-state index in [0.29, 0.717) is 6.29 Å². The van der Waals surface area contributed by atoms with Crippen LogP contribution in [0.15, 0.2) is 60.7 Å². The molecule has 0 heterocycles. The molecule has 0 aromatic heterocycles. The third kappa shape index (κ3) is 6.32. The highest BCUT2D eigenvalue weighted by Gasteiger charge is 2.50. The summed E-state index contributed by atoms with van der Waals surface area (Å²) in [5, 5.41) is 2.12. The van der Waals surface area contributed by atoms with Gasteiger partial charge in [-0.15, -0.1) is 0 Å². The lowest BCUT2D eigenvalue weighted by molar-refractivity contribution is -0.168. The van der Waals surface area contributed by atoms with Gasteiger partial charge in [0, 0.05) is 14.2 Å². The summed E-state index contributed by atoms with van der Waals surface area (Å²) in [5.74, 6) is 0. The summed E-state index contributed by atoms with van der Waals surface area (Å²) in [6.07, 6.45) is -0.767. The predicted molar refractivity (Wildman–Crippen MR) is 123 cm³/mol. The Bertz CT molecular complexity index is 723. The van der Waals surface area contributed by atoms with Crippen LogP contribution in [0.3, 0.4) is 0 Å². The van der Waals surface area contributed by atoms with E-state index < -0.39 is 20.5 Å². The van der Waals surface area contributed by atoms with Gasteiger partial charge in [-0.05, 0) is 15.4 Å². The van der Waals surface area contributed by atoms with Crippen LogP contribution in [0.4, 0.5) is 0 Å². The first-order valence-corrected chi connectivity index (χ1v) is 12.2. The zero-order chi connectivity index (χ0) is 22.7. The van der Waals surface area contributed by atoms with Crippen molar-refractivity contribution in [1.82, 2.24) is 0 Å². The Morgan fingerprint density at radius 1 is 0.839 bits per heavy atom. The third-order valence-corrected chi connectivity index (χ3v) is 10.2. The highest BCUT2D eigenvalue weighted by Crippen LogP contribution is 2.37. The molecule has 31 heavy (non-hydrogen) atoms. The van der Waals surface area contributed by atoms with Gasteiger partial charge in [0.05, 0.1) is 6.61 Å². The first-order chi connectivity index (χ1) is 14.9. The Labute approximate surface area is 186 Å². The van der Waals surface area contributed by atoms with Crippen molar-refractivity contribution >= 4 is 25.0 Å². The average Bonchev–Trinajstić information content (AvgIpc) is 2.78. The fourth-order valence-corrected chi connectivity index (χ4v) is 8.31. The van der Waals surface area contributed by atoms with Crippen LogP contribution in [-0.2, 0) is 28.2 Å². The van der Waals surface area contributed by atoms with Gasteiger partial charge in [0.1, 0.15) is 25.8 Å². The van der Waals surface area contributed by atoms with E-state index in [1.54, 1.807) is 0 Å². The molecule has 0 N–H and O–H groups in total. The summed E-state index contributed by atoms with van der Waals surface area (Å²) < 4.78 is 28.2. The molecule has 2 aromatic rings. The van der Waals surface area contributed by atoms with Crippen LogP contribution in [0.2, 0.25) is 5.04 Å². The Kier molecular flexibility index (Phi) is 10.0. The van der Waals surface area contributed by atoms with E-state index in [2.05, 4.69) is 45.0 Å². The molecular formula is C24H34O6Si. The second-order valence-electron chi connectivity index (χ2n) is 8.26. The van der Waals surface area contributed by atoms with Gasteiger partial charge in [0.25, 0.3) is 8.32 Å². The fourth-order valence-electron chi connectivity index (χ4n) is 3.74. The molecule has 2 rings (SSSR count). The van der Waals surface area contributed by atoms with Gasteiger partial charge in [0.15, 0.2) is 6.29 Å². The molecule has 0 saturated heterocycles. The molecule has 0 unspecified atom stereocenters. The first-order valence-electron chi connectivity index (χ1n) is 10.3. The number of hydrogen-bond donors (Lipinski definition) is 0. The molecule has 0 aliphatic carbocycles. The maximum Gasteiger partial charge on any atom is 0.261 e. The van der Waals surface area contributed by atoms with E-state index in [9.17, 15) is 4.79 Å². The summed E-state index contributed by atoms with van der Waals surface area (Å²) in [5.41, 5.74) is 0. The van der Waals surface area contributed by atoms with Gasteiger partial charge in [-0.1, -0.05) is 81.4 Å². The minimum Gasteiger partial charge on any atom is -0.405 e. The first kappa shape index (κ1) is 25.4. The van der Waals surface area contributed by atoms with Crippen molar-refractivity contribution in [3.05, 3.63) is 60.7 Å². The SMILES string of the molecule is COCO[C@H](C=O)[C@@H](CO[Si](c1ccccc1)(c1ccccc1)C(C)(C)C)OCOC. The van der Waals surface area contributed by atoms with Crippen LogP contribution in [0, 0.1) is 0 Å². The molecule has 0 bridgehead atoms. The van der Waals surface area contributed by atoms with E-state index in [4.69, 9.17) is 23.4 Å². The molecule has 0 saturated carbocycles. The summed E-state index contributed by atoms with van der Waals surface area (Å²) in [4.78, 5) is 11.7. The number of benzene rings is 2. The zero-order valence-corrected chi connectivity index (χ0v) is 20.1. The molecule has 0 aliphatic heterocycles. The van der Waals surface area contributed by atoms with Crippen LogP contribution in [0.5, 0.6) is 0 Å². The minimum atomic E-state index is -2.76. The number of ether oxygens (including phenoxy) is 4. The molecule has 2 aromatic carbocycles. The third-order valence-electron chi connectivity index (χ3n) is 5.16. The van der Waals surface area contributed by atoms with Crippen LogP contribution < -0.4 is 10.4 Å². The number of hydrogen-bond acceptors (Lipinski definition) is 6. The molecule has 7 heteroatoms. The average molecular weight is 447 g/mol. The molecule has 6 nitrogen and oxygen atoms in total. The second kappa shape index (κ2) is 12.2. The Balaban J connectivity index is 2.47. The second-order valence-corrected chi connectivity index (χ2v) is 12.6. The maximum atomic E-state index is 11.7. The number of aldehydes is 1. The van der Waals surface area contributed by atoms with E-state index in [1.165, 1.54) is 14.2 Å². The minimum absolute atomic E-state index is 0.0184. The monoisotopic (exact) mass is 446 g/mol. The van der Waals surface area contributed by atoms with Crippen LogP contribution in [0.25, 0.3) is 0 Å². The van der Waals surface area contributed by atoms with Crippen molar-refractivity contribution in [2.24, 2.45) is 0 Å². The highest BCUT2D eigenvalue weighted by atomic mass is 28.4. The Morgan fingerprint density at radius 2 is 1.32 bits per heavy atom. The standard InChI is InChI=1S/C24H34O6Si/c1-24(2,3)31(20-12-8-6-9-13-20,21-14-10-7-11-15-21)30-17-23(29-19-27-5)22(16-25)28-18-26-4/h6-16,22-23H,17-19H2,1-5H3/t22-,23-/m1/s1. The van der Waals surface area contributed by atoms with Crippen LogP contribution in [0.1, 0.15) is 20.8 Å². The zero-order valence-electron chi connectivity index (χ0n) is 19.1. The van der Waals surface area contributed by atoms with Crippen molar-refractivity contribution in [1.29, 1.82) is 0 Å². The van der Waals surface area contributed by atoms with Gasteiger partial charge in [-0.2, -0.15) is 0 Å². The number of methoxy groups -OCH3 is 2. The normalized spacial score (nSPS) is 14.2.